The molecule has 8 heteroatoms. The third kappa shape index (κ3) is 8.58. The maximum absolute atomic E-state index is 11.1. The molecule has 1 fully saturated rings. The largest absolute Gasteiger partial charge is 0.357 e. The van der Waals surface area contributed by atoms with Crippen molar-refractivity contribution in [2.45, 2.75) is 51.7 Å². The fraction of sp³-hybridized carbons (Fsp3) is 0.650. The predicted molar refractivity (Wildman–Crippen MR) is 116 cm³/mol. The molecule has 1 aliphatic heterocycles. The molecule has 0 bridgehead atoms. The van der Waals surface area contributed by atoms with Gasteiger partial charge in [0, 0.05) is 44.8 Å². The molecule has 0 aromatic heterocycles. The van der Waals surface area contributed by atoms with E-state index in [0.29, 0.717) is 31.6 Å². The summed E-state index contributed by atoms with van der Waals surface area (Å²) in [6.07, 6.45) is 4.01. The van der Waals surface area contributed by atoms with E-state index in [0.717, 1.165) is 38.4 Å². The number of nitrogens with zero attached hydrogens (tertiary/aromatic N) is 2. The van der Waals surface area contributed by atoms with Gasteiger partial charge in [0.2, 0.25) is 10.0 Å². The summed E-state index contributed by atoms with van der Waals surface area (Å²) in [5.41, 5.74) is 1.36. The SMILES string of the molecule is CCNC(=NCCCNS(C)(=O)=O)NC1CCN(Cc2ccccc2)C(C)C1. The molecule has 0 spiro atoms. The number of hydrogen-bond donors (Lipinski definition) is 3. The molecular weight excluding hydrogens is 374 g/mol. The highest BCUT2D eigenvalue weighted by Gasteiger charge is 2.25. The van der Waals surface area contributed by atoms with Crippen LogP contribution in [0.5, 0.6) is 0 Å². The van der Waals surface area contributed by atoms with Crippen LogP contribution in [0, 0.1) is 0 Å². The Labute approximate surface area is 170 Å². The number of hydrogen-bond acceptors (Lipinski definition) is 4. The summed E-state index contributed by atoms with van der Waals surface area (Å²) in [6, 6.07) is 11.5. The highest BCUT2D eigenvalue weighted by molar-refractivity contribution is 7.88. The average molecular weight is 410 g/mol. The van der Waals surface area contributed by atoms with Crippen molar-refractivity contribution >= 4 is 16.0 Å². The minimum absolute atomic E-state index is 0.397. The van der Waals surface area contributed by atoms with E-state index < -0.39 is 10.0 Å². The van der Waals surface area contributed by atoms with Crippen molar-refractivity contribution in [1.82, 2.24) is 20.3 Å². The van der Waals surface area contributed by atoms with Crippen molar-refractivity contribution in [1.29, 1.82) is 0 Å². The van der Waals surface area contributed by atoms with Gasteiger partial charge in [0.05, 0.1) is 6.26 Å². The Balaban J connectivity index is 1.79. The standard InChI is InChI=1S/C20H35N5O2S/c1-4-21-20(22-12-8-13-23-28(3,26)27)24-19-11-14-25(17(2)15-19)16-18-9-6-5-7-10-18/h5-7,9-10,17,19,23H,4,8,11-16H2,1-3H3,(H2,21,22,24). The zero-order valence-electron chi connectivity index (χ0n) is 17.3. The molecule has 2 atom stereocenters. The Morgan fingerprint density at radius 3 is 2.68 bits per heavy atom. The van der Waals surface area contributed by atoms with Crippen LogP contribution in [-0.2, 0) is 16.6 Å². The maximum Gasteiger partial charge on any atom is 0.208 e. The van der Waals surface area contributed by atoms with Crippen LogP contribution in [0.1, 0.15) is 38.7 Å². The van der Waals surface area contributed by atoms with Crippen molar-refractivity contribution in [3.05, 3.63) is 35.9 Å². The normalized spacial score (nSPS) is 21.5. The number of sulfonamides is 1. The van der Waals surface area contributed by atoms with Crippen molar-refractivity contribution in [3.8, 4) is 0 Å². The average Bonchev–Trinajstić information content (AvgIpc) is 2.64. The fourth-order valence-electron chi connectivity index (χ4n) is 3.45. The molecule has 28 heavy (non-hydrogen) atoms. The summed E-state index contributed by atoms with van der Waals surface area (Å²) in [4.78, 5) is 7.12. The van der Waals surface area contributed by atoms with Crippen LogP contribution in [-0.4, -0.2) is 63.8 Å². The van der Waals surface area contributed by atoms with Gasteiger partial charge in [-0.3, -0.25) is 9.89 Å². The number of likely N-dealkylation sites (tertiary alicyclic amines) is 1. The molecule has 1 aromatic carbocycles. The van der Waals surface area contributed by atoms with Gasteiger partial charge in [-0.2, -0.15) is 0 Å². The van der Waals surface area contributed by atoms with Crippen molar-refractivity contribution < 1.29 is 8.42 Å². The van der Waals surface area contributed by atoms with E-state index in [4.69, 9.17) is 0 Å². The second-order valence-corrected chi connectivity index (χ2v) is 9.28. The number of nitrogens with one attached hydrogen (secondary N) is 3. The summed E-state index contributed by atoms with van der Waals surface area (Å²) in [5, 5.41) is 6.84. The summed E-state index contributed by atoms with van der Waals surface area (Å²) < 4.78 is 24.7. The van der Waals surface area contributed by atoms with Gasteiger partial charge in [-0.25, -0.2) is 13.1 Å². The van der Waals surface area contributed by atoms with Crippen molar-refractivity contribution in [2.75, 3.05) is 32.4 Å². The fourth-order valence-corrected chi connectivity index (χ4v) is 3.96. The molecule has 3 N–H and O–H groups in total. The molecule has 158 valence electrons. The number of benzene rings is 1. The smallest absolute Gasteiger partial charge is 0.208 e. The van der Waals surface area contributed by atoms with Gasteiger partial charge in [0.25, 0.3) is 0 Å². The first-order valence-electron chi connectivity index (χ1n) is 10.1. The Morgan fingerprint density at radius 2 is 2.04 bits per heavy atom. The summed E-state index contributed by atoms with van der Waals surface area (Å²) >= 11 is 0. The topological polar surface area (TPSA) is 85.8 Å². The minimum Gasteiger partial charge on any atom is -0.357 e. The summed E-state index contributed by atoms with van der Waals surface area (Å²) in [5.74, 6) is 0.815. The first-order chi connectivity index (χ1) is 13.4. The van der Waals surface area contributed by atoms with E-state index in [1.54, 1.807) is 0 Å². The van der Waals surface area contributed by atoms with Gasteiger partial charge >= 0.3 is 0 Å². The lowest BCUT2D eigenvalue weighted by Crippen LogP contribution is -2.51. The molecular formula is C20H35N5O2S. The Morgan fingerprint density at radius 1 is 1.29 bits per heavy atom. The molecule has 2 rings (SSSR count). The summed E-state index contributed by atoms with van der Waals surface area (Å²) in [6.45, 7) is 8.19. The molecule has 1 saturated heterocycles. The number of guanidine groups is 1. The molecule has 1 aliphatic rings. The number of rotatable bonds is 9. The molecule has 1 heterocycles. The third-order valence-corrected chi connectivity index (χ3v) is 5.62. The molecule has 2 unspecified atom stereocenters. The van der Waals surface area contributed by atoms with E-state index in [9.17, 15) is 8.42 Å². The monoisotopic (exact) mass is 409 g/mol. The zero-order chi connectivity index (χ0) is 20.4. The first-order valence-corrected chi connectivity index (χ1v) is 12.0. The zero-order valence-corrected chi connectivity index (χ0v) is 18.1. The number of aliphatic imine (C=N–C) groups is 1. The van der Waals surface area contributed by atoms with E-state index in [-0.39, 0.29) is 0 Å². The lowest BCUT2D eigenvalue weighted by Gasteiger charge is -2.38. The Bertz CT molecular complexity index is 709. The third-order valence-electron chi connectivity index (χ3n) is 4.90. The highest BCUT2D eigenvalue weighted by atomic mass is 32.2. The Hall–Kier alpha value is -1.64. The van der Waals surface area contributed by atoms with Crippen LogP contribution < -0.4 is 15.4 Å². The van der Waals surface area contributed by atoms with Gasteiger partial charge in [-0.15, -0.1) is 0 Å². The summed E-state index contributed by atoms with van der Waals surface area (Å²) in [7, 11) is -3.13. The van der Waals surface area contributed by atoms with Crippen LogP contribution in [0.3, 0.4) is 0 Å². The van der Waals surface area contributed by atoms with Crippen LogP contribution in [0.2, 0.25) is 0 Å². The van der Waals surface area contributed by atoms with Gasteiger partial charge in [0.15, 0.2) is 5.96 Å². The van der Waals surface area contributed by atoms with Crippen molar-refractivity contribution in [2.24, 2.45) is 4.99 Å². The lowest BCUT2D eigenvalue weighted by molar-refractivity contribution is 0.134. The van der Waals surface area contributed by atoms with Crippen LogP contribution >= 0.6 is 0 Å². The van der Waals surface area contributed by atoms with E-state index >= 15 is 0 Å². The van der Waals surface area contributed by atoms with Gasteiger partial charge in [-0.05, 0) is 38.7 Å². The van der Waals surface area contributed by atoms with Crippen LogP contribution in [0.15, 0.2) is 35.3 Å². The van der Waals surface area contributed by atoms with Gasteiger partial charge < -0.3 is 10.6 Å². The predicted octanol–water partition coefficient (Wildman–Crippen LogP) is 1.53. The molecule has 7 nitrogen and oxygen atoms in total. The quantitative estimate of drug-likeness (QED) is 0.327. The van der Waals surface area contributed by atoms with Crippen LogP contribution in [0.4, 0.5) is 0 Å². The number of piperidine rings is 1. The van der Waals surface area contributed by atoms with E-state index in [2.05, 4.69) is 62.5 Å². The maximum atomic E-state index is 11.1. The van der Waals surface area contributed by atoms with Crippen LogP contribution in [0.25, 0.3) is 0 Å². The van der Waals surface area contributed by atoms with E-state index in [1.165, 1.54) is 11.8 Å². The highest BCUT2D eigenvalue weighted by Crippen LogP contribution is 2.19. The van der Waals surface area contributed by atoms with Gasteiger partial charge in [-0.1, -0.05) is 30.3 Å². The van der Waals surface area contributed by atoms with Crippen molar-refractivity contribution in [3.63, 3.8) is 0 Å². The first kappa shape index (κ1) is 22.6. The lowest BCUT2D eigenvalue weighted by atomic mass is 9.97. The Kier molecular flexibility index (Phi) is 9.21. The molecule has 0 saturated carbocycles. The second kappa shape index (κ2) is 11.4. The molecule has 0 amide bonds. The molecule has 1 aromatic rings. The molecule has 0 aliphatic carbocycles. The molecule has 0 radical (unpaired) electrons. The second-order valence-electron chi connectivity index (χ2n) is 7.45. The minimum atomic E-state index is -3.13. The van der Waals surface area contributed by atoms with E-state index in [1.807, 2.05) is 6.92 Å². The van der Waals surface area contributed by atoms with Gasteiger partial charge in [0.1, 0.15) is 0 Å².